The second-order valence-corrected chi connectivity index (χ2v) is 4.69. The van der Waals surface area contributed by atoms with E-state index in [2.05, 4.69) is 21.2 Å². The zero-order valence-electron chi connectivity index (χ0n) is 10.1. The molecule has 2 aromatic carbocycles. The molecule has 2 rings (SSSR count). The molecule has 98 valence electrons. The Bertz CT molecular complexity index is 617. The minimum Gasteiger partial charge on any atom is -0.497 e. The van der Waals surface area contributed by atoms with Crippen molar-refractivity contribution in [2.45, 2.75) is 0 Å². The van der Waals surface area contributed by atoms with E-state index in [1.165, 1.54) is 6.07 Å². The molecule has 0 unspecified atom stereocenters. The van der Waals surface area contributed by atoms with Gasteiger partial charge in [0.1, 0.15) is 11.4 Å². The molecule has 5 nitrogen and oxygen atoms in total. The van der Waals surface area contributed by atoms with Gasteiger partial charge in [0.15, 0.2) is 0 Å². The third kappa shape index (κ3) is 3.23. The Morgan fingerprint density at radius 3 is 2.74 bits per heavy atom. The topological polar surface area (TPSA) is 64.4 Å². The molecule has 0 bridgehead atoms. The zero-order valence-corrected chi connectivity index (χ0v) is 11.7. The van der Waals surface area contributed by atoms with Gasteiger partial charge in [0.05, 0.1) is 12.0 Å². The third-order valence-corrected chi connectivity index (χ3v) is 3.00. The molecular weight excluding hydrogens is 312 g/mol. The molecule has 0 fully saturated rings. The van der Waals surface area contributed by atoms with Crippen LogP contribution in [-0.4, -0.2) is 12.0 Å². The first-order valence-electron chi connectivity index (χ1n) is 5.45. The van der Waals surface area contributed by atoms with Crippen LogP contribution in [0.3, 0.4) is 0 Å². The SMILES string of the molecule is COc1cccc(Nc2ccc(Br)cc2[N+](=O)[O-])c1. The highest BCUT2D eigenvalue weighted by atomic mass is 79.9. The molecule has 0 saturated heterocycles. The Morgan fingerprint density at radius 2 is 2.05 bits per heavy atom. The standard InChI is InChI=1S/C13H11BrN2O3/c1-19-11-4-2-3-10(8-11)15-12-6-5-9(14)7-13(12)16(17)18/h2-8,15H,1H3. The maximum Gasteiger partial charge on any atom is 0.293 e. The van der Waals surface area contributed by atoms with Crippen molar-refractivity contribution in [2.24, 2.45) is 0 Å². The molecule has 0 spiro atoms. The van der Waals surface area contributed by atoms with E-state index >= 15 is 0 Å². The number of nitro benzene ring substituents is 1. The molecule has 1 N–H and O–H groups in total. The summed E-state index contributed by atoms with van der Waals surface area (Å²) >= 11 is 3.22. The molecule has 0 radical (unpaired) electrons. The number of halogens is 1. The van der Waals surface area contributed by atoms with Crippen LogP contribution in [0.25, 0.3) is 0 Å². The third-order valence-electron chi connectivity index (χ3n) is 2.51. The quantitative estimate of drug-likeness (QED) is 0.679. The lowest BCUT2D eigenvalue weighted by atomic mass is 10.2. The molecule has 2 aromatic rings. The summed E-state index contributed by atoms with van der Waals surface area (Å²) in [6.45, 7) is 0. The van der Waals surface area contributed by atoms with Crippen molar-refractivity contribution < 1.29 is 9.66 Å². The van der Waals surface area contributed by atoms with E-state index < -0.39 is 4.92 Å². The normalized spacial score (nSPS) is 10.0. The predicted octanol–water partition coefficient (Wildman–Crippen LogP) is 4.11. The van der Waals surface area contributed by atoms with Crippen molar-refractivity contribution in [3.05, 3.63) is 57.1 Å². The van der Waals surface area contributed by atoms with Crippen LogP contribution in [0, 0.1) is 10.1 Å². The van der Waals surface area contributed by atoms with Gasteiger partial charge in [-0.25, -0.2) is 0 Å². The first kappa shape index (κ1) is 13.4. The molecule has 0 atom stereocenters. The zero-order chi connectivity index (χ0) is 13.8. The van der Waals surface area contributed by atoms with E-state index in [9.17, 15) is 10.1 Å². The molecule has 0 heterocycles. The van der Waals surface area contributed by atoms with Crippen LogP contribution in [0.4, 0.5) is 17.1 Å². The smallest absolute Gasteiger partial charge is 0.293 e. The Balaban J connectivity index is 2.34. The van der Waals surface area contributed by atoms with Crippen molar-refractivity contribution in [1.82, 2.24) is 0 Å². The van der Waals surface area contributed by atoms with Crippen LogP contribution in [-0.2, 0) is 0 Å². The molecule has 0 aliphatic heterocycles. The average molecular weight is 323 g/mol. The van der Waals surface area contributed by atoms with Gasteiger partial charge in [-0.3, -0.25) is 10.1 Å². The van der Waals surface area contributed by atoms with Crippen molar-refractivity contribution in [3.8, 4) is 5.75 Å². The minimum atomic E-state index is -0.423. The van der Waals surface area contributed by atoms with E-state index in [0.29, 0.717) is 15.9 Å². The fourth-order valence-corrected chi connectivity index (χ4v) is 1.97. The van der Waals surface area contributed by atoms with Crippen molar-refractivity contribution in [3.63, 3.8) is 0 Å². The van der Waals surface area contributed by atoms with Gasteiger partial charge >= 0.3 is 0 Å². The number of nitrogens with one attached hydrogen (secondary N) is 1. The summed E-state index contributed by atoms with van der Waals surface area (Å²) < 4.78 is 5.77. The van der Waals surface area contributed by atoms with Crippen molar-refractivity contribution >= 4 is 33.0 Å². The summed E-state index contributed by atoms with van der Waals surface area (Å²) in [4.78, 5) is 10.6. The van der Waals surface area contributed by atoms with Gasteiger partial charge in [0.2, 0.25) is 0 Å². The van der Waals surface area contributed by atoms with Gasteiger partial charge in [0, 0.05) is 22.3 Å². The van der Waals surface area contributed by atoms with Crippen molar-refractivity contribution in [2.75, 3.05) is 12.4 Å². The monoisotopic (exact) mass is 322 g/mol. The highest BCUT2D eigenvalue weighted by Gasteiger charge is 2.14. The van der Waals surface area contributed by atoms with Crippen molar-refractivity contribution in [1.29, 1.82) is 0 Å². The van der Waals surface area contributed by atoms with E-state index in [1.54, 1.807) is 31.4 Å². The average Bonchev–Trinajstić information content (AvgIpc) is 2.41. The number of hydrogen-bond donors (Lipinski definition) is 1. The first-order chi connectivity index (χ1) is 9.10. The lowest BCUT2D eigenvalue weighted by Gasteiger charge is -2.08. The van der Waals surface area contributed by atoms with Gasteiger partial charge in [-0.1, -0.05) is 22.0 Å². The summed E-state index contributed by atoms with van der Waals surface area (Å²) in [5.74, 6) is 0.685. The molecule has 0 saturated carbocycles. The number of nitro groups is 1. The van der Waals surface area contributed by atoms with Crippen LogP contribution in [0.5, 0.6) is 5.75 Å². The summed E-state index contributed by atoms with van der Waals surface area (Å²) in [7, 11) is 1.57. The number of methoxy groups -OCH3 is 1. The van der Waals surface area contributed by atoms with Crippen LogP contribution in [0.2, 0.25) is 0 Å². The summed E-state index contributed by atoms with van der Waals surface area (Å²) in [6.07, 6.45) is 0. The lowest BCUT2D eigenvalue weighted by Crippen LogP contribution is -1.97. The van der Waals surface area contributed by atoms with E-state index in [0.717, 1.165) is 5.69 Å². The predicted molar refractivity (Wildman–Crippen MR) is 77.1 cm³/mol. The van der Waals surface area contributed by atoms with Gasteiger partial charge in [0.25, 0.3) is 5.69 Å². The highest BCUT2D eigenvalue weighted by molar-refractivity contribution is 9.10. The second-order valence-electron chi connectivity index (χ2n) is 3.78. The van der Waals surface area contributed by atoms with Gasteiger partial charge in [-0.2, -0.15) is 0 Å². The molecule has 0 aromatic heterocycles. The van der Waals surface area contributed by atoms with E-state index in [1.807, 2.05) is 12.1 Å². The van der Waals surface area contributed by atoms with E-state index in [-0.39, 0.29) is 5.69 Å². The number of ether oxygens (including phenoxy) is 1. The largest absolute Gasteiger partial charge is 0.497 e. The van der Waals surface area contributed by atoms with Crippen LogP contribution in [0.1, 0.15) is 0 Å². The Hall–Kier alpha value is -2.08. The molecule has 6 heteroatoms. The summed E-state index contributed by atoms with van der Waals surface area (Å²) in [6, 6.07) is 12.1. The van der Waals surface area contributed by atoms with Gasteiger partial charge < -0.3 is 10.1 Å². The second kappa shape index (κ2) is 5.71. The number of nitrogens with zero attached hydrogens (tertiary/aromatic N) is 1. The fourth-order valence-electron chi connectivity index (χ4n) is 1.62. The molecule has 0 aliphatic carbocycles. The lowest BCUT2D eigenvalue weighted by molar-refractivity contribution is -0.384. The molecular formula is C13H11BrN2O3. The van der Waals surface area contributed by atoms with Crippen LogP contribution >= 0.6 is 15.9 Å². The maximum atomic E-state index is 11.0. The van der Waals surface area contributed by atoms with E-state index in [4.69, 9.17) is 4.74 Å². The molecule has 19 heavy (non-hydrogen) atoms. The highest BCUT2D eigenvalue weighted by Crippen LogP contribution is 2.31. The maximum absolute atomic E-state index is 11.0. The number of anilines is 2. The molecule has 0 aliphatic rings. The minimum absolute atomic E-state index is 0.0113. The number of benzene rings is 2. The summed E-state index contributed by atoms with van der Waals surface area (Å²) in [5.41, 5.74) is 1.17. The number of hydrogen-bond acceptors (Lipinski definition) is 4. The van der Waals surface area contributed by atoms with Crippen LogP contribution < -0.4 is 10.1 Å². The Morgan fingerprint density at radius 1 is 1.26 bits per heavy atom. The number of rotatable bonds is 4. The first-order valence-corrected chi connectivity index (χ1v) is 6.24. The summed E-state index contributed by atoms with van der Waals surface area (Å²) in [5, 5.41) is 14.0. The van der Waals surface area contributed by atoms with Crippen LogP contribution in [0.15, 0.2) is 46.9 Å². The molecule has 0 amide bonds. The fraction of sp³-hybridized carbons (Fsp3) is 0.0769. The van der Waals surface area contributed by atoms with Gasteiger partial charge in [-0.05, 0) is 24.3 Å². The Kier molecular flexibility index (Phi) is 4.01. The Labute approximate surface area is 118 Å². The van der Waals surface area contributed by atoms with Gasteiger partial charge in [-0.15, -0.1) is 0 Å².